The fraction of sp³-hybridized carbons (Fsp3) is 0.0769. The molecule has 0 aliphatic heterocycles. The standard InChI is InChI=1S/C13H10Cl2S/c14-11-4-6-13(7-5-11)16-9-10-2-1-3-12(15)8-10/h1-8H,9H2. The molecule has 0 saturated carbocycles. The maximum Gasteiger partial charge on any atom is 0.0409 e. The van der Waals surface area contributed by atoms with Gasteiger partial charge in [0.2, 0.25) is 0 Å². The molecule has 0 N–H and O–H groups in total. The summed E-state index contributed by atoms with van der Waals surface area (Å²) >= 11 is 13.5. The van der Waals surface area contributed by atoms with Crippen LogP contribution < -0.4 is 0 Å². The molecule has 2 rings (SSSR count). The van der Waals surface area contributed by atoms with Crippen molar-refractivity contribution in [2.45, 2.75) is 10.6 Å². The minimum Gasteiger partial charge on any atom is -0.121 e. The van der Waals surface area contributed by atoms with Gasteiger partial charge in [-0.25, -0.2) is 0 Å². The number of hydrogen-bond acceptors (Lipinski definition) is 1. The van der Waals surface area contributed by atoms with Crippen molar-refractivity contribution in [3.63, 3.8) is 0 Å². The topological polar surface area (TPSA) is 0 Å². The van der Waals surface area contributed by atoms with Crippen LogP contribution in [0.2, 0.25) is 10.0 Å². The Morgan fingerprint density at radius 2 is 1.62 bits per heavy atom. The third-order valence-electron chi connectivity index (χ3n) is 2.11. The highest BCUT2D eigenvalue weighted by molar-refractivity contribution is 7.98. The Morgan fingerprint density at radius 1 is 0.875 bits per heavy atom. The van der Waals surface area contributed by atoms with Gasteiger partial charge in [0.1, 0.15) is 0 Å². The van der Waals surface area contributed by atoms with Gasteiger partial charge >= 0.3 is 0 Å². The maximum absolute atomic E-state index is 5.92. The second-order valence-electron chi connectivity index (χ2n) is 3.37. The average molecular weight is 269 g/mol. The molecule has 0 aliphatic carbocycles. The minimum absolute atomic E-state index is 0.770. The summed E-state index contributed by atoms with van der Waals surface area (Å²) in [6.07, 6.45) is 0. The summed E-state index contributed by atoms with van der Waals surface area (Å²) in [6, 6.07) is 15.8. The molecule has 0 fully saturated rings. The summed E-state index contributed by atoms with van der Waals surface area (Å²) in [6.45, 7) is 0. The van der Waals surface area contributed by atoms with Crippen LogP contribution in [-0.4, -0.2) is 0 Å². The van der Waals surface area contributed by atoms with Gasteiger partial charge in [-0.05, 0) is 42.0 Å². The second-order valence-corrected chi connectivity index (χ2v) is 5.29. The van der Waals surface area contributed by atoms with Crippen molar-refractivity contribution in [2.75, 3.05) is 0 Å². The largest absolute Gasteiger partial charge is 0.121 e. The first kappa shape index (κ1) is 11.8. The van der Waals surface area contributed by atoms with Crippen LogP contribution in [0, 0.1) is 0 Å². The number of benzene rings is 2. The Labute approximate surface area is 110 Å². The molecule has 16 heavy (non-hydrogen) atoms. The lowest BCUT2D eigenvalue weighted by Gasteiger charge is -2.02. The van der Waals surface area contributed by atoms with Crippen LogP contribution in [0.15, 0.2) is 53.4 Å². The minimum atomic E-state index is 0.770. The third kappa shape index (κ3) is 3.44. The molecule has 0 radical (unpaired) electrons. The summed E-state index contributed by atoms with van der Waals surface area (Å²) in [7, 11) is 0. The third-order valence-corrected chi connectivity index (χ3v) is 3.68. The van der Waals surface area contributed by atoms with E-state index in [2.05, 4.69) is 6.07 Å². The van der Waals surface area contributed by atoms with E-state index in [4.69, 9.17) is 23.2 Å². The van der Waals surface area contributed by atoms with E-state index in [-0.39, 0.29) is 0 Å². The highest BCUT2D eigenvalue weighted by Crippen LogP contribution is 2.25. The van der Waals surface area contributed by atoms with Crippen molar-refractivity contribution in [3.05, 3.63) is 64.1 Å². The normalized spacial score (nSPS) is 10.4. The van der Waals surface area contributed by atoms with Gasteiger partial charge < -0.3 is 0 Å². The first-order valence-corrected chi connectivity index (χ1v) is 6.61. The lowest BCUT2D eigenvalue weighted by Crippen LogP contribution is -1.80. The molecule has 0 aliphatic rings. The van der Waals surface area contributed by atoms with Gasteiger partial charge in [-0.2, -0.15) is 0 Å². The molecule has 2 aromatic carbocycles. The monoisotopic (exact) mass is 268 g/mol. The predicted molar refractivity (Wildman–Crippen MR) is 72.5 cm³/mol. The smallest absolute Gasteiger partial charge is 0.0409 e. The molecule has 0 bridgehead atoms. The van der Waals surface area contributed by atoms with Crippen LogP contribution in [0.3, 0.4) is 0 Å². The Bertz CT molecular complexity index is 466. The van der Waals surface area contributed by atoms with Crippen molar-refractivity contribution < 1.29 is 0 Å². The van der Waals surface area contributed by atoms with E-state index in [0.29, 0.717) is 0 Å². The summed E-state index contributed by atoms with van der Waals surface area (Å²) in [5, 5.41) is 1.56. The summed E-state index contributed by atoms with van der Waals surface area (Å²) < 4.78 is 0. The predicted octanol–water partition coefficient (Wildman–Crippen LogP) is 5.29. The Morgan fingerprint density at radius 3 is 2.31 bits per heavy atom. The Hall–Kier alpha value is -0.630. The quantitative estimate of drug-likeness (QED) is 0.682. The van der Waals surface area contributed by atoms with Crippen LogP contribution in [0.1, 0.15) is 5.56 Å². The molecule has 0 heterocycles. The number of thioether (sulfide) groups is 1. The van der Waals surface area contributed by atoms with E-state index < -0.39 is 0 Å². The Kier molecular flexibility index (Phi) is 4.16. The summed E-state index contributed by atoms with van der Waals surface area (Å²) in [5.74, 6) is 0.919. The zero-order valence-electron chi connectivity index (χ0n) is 8.49. The van der Waals surface area contributed by atoms with Gasteiger partial charge in [0.25, 0.3) is 0 Å². The lowest BCUT2D eigenvalue weighted by molar-refractivity contribution is 1.38. The molecule has 0 unspecified atom stereocenters. The molecule has 2 aromatic rings. The van der Waals surface area contributed by atoms with E-state index in [0.717, 1.165) is 15.8 Å². The highest BCUT2D eigenvalue weighted by atomic mass is 35.5. The van der Waals surface area contributed by atoms with Crippen molar-refractivity contribution >= 4 is 35.0 Å². The van der Waals surface area contributed by atoms with E-state index in [9.17, 15) is 0 Å². The van der Waals surface area contributed by atoms with Crippen LogP contribution in [0.5, 0.6) is 0 Å². The van der Waals surface area contributed by atoms with Gasteiger partial charge in [0.05, 0.1) is 0 Å². The molecule has 0 saturated heterocycles. The van der Waals surface area contributed by atoms with Gasteiger partial charge in [-0.1, -0.05) is 35.3 Å². The fourth-order valence-corrected chi connectivity index (χ4v) is 2.50. The van der Waals surface area contributed by atoms with Crippen molar-refractivity contribution in [2.24, 2.45) is 0 Å². The zero-order valence-corrected chi connectivity index (χ0v) is 10.8. The number of hydrogen-bond donors (Lipinski definition) is 0. The second kappa shape index (κ2) is 5.62. The van der Waals surface area contributed by atoms with Crippen molar-refractivity contribution in [1.29, 1.82) is 0 Å². The first-order valence-electron chi connectivity index (χ1n) is 4.87. The molecule has 0 atom stereocenters. The van der Waals surface area contributed by atoms with Crippen LogP contribution in [0.4, 0.5) is 0 Å². The molecule has 0 nitrogen and oxygen atoms in total. The first-order chi connectivity index (χ1) is 7.74. The maximum atomic E-state index is 5.92. The van der Waals surface area contributed by atoms with Crippen LogP contribution in [0.25, 0.3) is 0 Å². The van der Waals surface area contributed by atoms with E-state index in [1.165, 1.54) is 10.5 Å². The number of rotatable bonds is 3. The molecule has 82 valence electrons. The molecule has 0 aromatic heterocycles. The van der Waals surface area contributed by atoms with Crippen LogP contribution in [-0.2, 0) is 5.75 Å². The summed E-state index contributed by atoms with van der Waals surface area (Å²) in [5.41, 5.74) is 1.23. The van der Waals surface area contributed by atoms with Gasteiger partial charge in [-0.15, -0.1) is 11.8 Å². The van der Waals surface area contributed by atoms with E-state index in [1.54, 1.807) is 11.8 Å². The molecule has 3 heteroatoms. The number of halogens is 2. The lowest BCUT2D eigenvalue weighted by atomic mass is 10.2. The van der Waals surface area contributed by atoms with Gasteiger partial charge in [0.15, 0.2) is 0 Å². The van der Waals surface area contributed by atoms with Crippen molar-refractivity contribution in [3.8, 4) is 0 Å². The van der Waals surface area contributed by atoms with Gasteiger partial charge in [0, 0.05) is 20.7 Å². The van der Waals surface area contributed by atoms with E-state index in [1.807, 2.05) is 42.5 Å². The molecule has 0 amide bonds. The average Bonchev–Trinajstić information content (AvgIpc) is 2.28. The Balaban J connectivity index is 1.99. The van der Waals surface area contributed by atoms with Gasteiger partial charge in [-0.3, -0.25) is 0 Å². The van der Waals surface area contributed by atoms with Crippen molar-refractivity contribution in [1.82, 2.24) is 0 Å². The van der Waals surface area contributed by atoms with E-state index >= 15 is 0 Å². The fourth-order valence-electron chi connectivity index (χ4n) is 1.32. The molecular weight excluding hydrogens is 259 g/mol. The summed E-state index contributed by atoms with van der Waals surface area (Å²) in [4.78, 5) is 1.21. The molecule has 0 spiro atoms. The molecular formula is C13H10Cl2S. The van der Waals surface area contributed by atoms with Crippen LogP contribution >= 0.6 is 35.0 Å². The SMILES string of the molecule is Clc1ccc(SCc2cccc(Cl)c2)cc1. The zero-order chi connectivity index (χ0) is 11.4. The highest BCUT2D eigenvalue weighted by Gasteiger charge is 1.97.